The molecular formula is C14H18N2O3. The van der Waals surface area contributed by atoms with Gasteiger partial charge in [0, 0.05) is 25.1 Å². The molecule has 2 amide bonds. The van der Waals surface area contributed by atoms with E-state index in [1.54, 1.807) is 29.2 Å². The Bertz CT molecular complexity index is 456. The summed E-state index contributed by atoms with van der Waals surface area (Å²) in [5.74, 6) is 0.840. The second kappa shape index (κ2) is 6.22. The number of nitrogens with zero attached hydrogens (tertiary/aromatic N) is 1. The molecule has 5 heteroatoms. The van der Waals surface area contributed by atoms with Crippen molar-refractivity contribution in [1.29, 1.82) is 0 Å². The summed E-state index contributed by atoms with van der Waals surface area (Å²) in [7, 11) is 0. The minimum Gasteiger partial charge on any atom is -0.492 e. The molecule has 1 aromatic rings. The number of ketones is 1. The molecule has 102 valence electrons. The zero-order valence-corrected chi connectivity index (χ0v) is 11.0. The van der Waals surface area contributed by atoms with E-state index in [9.17, 15) is 9.59 Å². The van der Waals surface area contributed by atoms with E-state index in [4.69, 9.17) is 4.74 Å². The van der Waals surface area contributed by atoms with Crippen molar-refractivity contribution >= 4 is 11.8 Å². The normalized spacial score (nSPS) is 14.4. The molecular weight excluding hydrogens is 244 g/mol. The topological polar surface area (TPSA) is 58.6 Å². The van der Waals surface area contributed by atoms with Crippen LogP contribution in [0.1, 0.15) is 23.7 Å². The summed E-state index contributed by atoms with van der Waals surface area (Å²) in [5, 5.41) is 2.74. The first kappa shape index (κ1) is 13.4. The highest BCUT2D eigenvalue weighted by atomic mass is 16.5. The van der Waals surface area contributed by atoms with Crippen molar-refractivity contribution in [2.45, 2.75) is 13.3 Å². The zero-order valence-electron chi connectivity index (χ0n) is 11.0. The van der Waals surface area contributed by atoms with E-state index in [0.29, 0.717) is 37.4 Å². The molecule has 0 atom stereocenters. The molecule has 1 saturated heterocycles. The fourth-order valence-electron chi connectivity index (χ4n) is 1.94. The van der Waals surface area contributed by atoms with E-state index in [-0.39, 0.29) is 11.8 Å². The molecule has 0 aromatic heterocycles. The van der Waals surface area contributed by atoms with Crippen LogP contribution in [-0.2, 0) is 0 Å². The van der Waals surface area contributed by atoms with E-state index in [0.717, 1.165) is 6.54 Å². The SMILES string of the molecule is CCC(=O)c1ccc(OCCN2CCNC2=O)cc1. The largest absolute Gasteiger partial charge is 0.492 e. The lowest BCUT2D eigenvalue weighted by Gasteiger charge is -2.14. The van der Waals surface area contributed by atoms with Crippen molar-refractivity contribution < 1.29 is 14.3 Å². The van der Waals surface area contributed by atoms with Gasteiger partial charge in [-0.05, 0) is 24.3 Å². The van der Waals surface area contributed by atoms with Gasteiger partial charge in [0.25, 0.3) is 0 Å². The molecule has 0 aliphatic carbocycles. The van der Waals surface area contributed by atoms with Crippen molar-refractivity contribution in [2.24, 2.45) is 0 Å². The molecule has 1 heterocycles. The van der Waals surface area contributed by atoms with Gasteiger partial charge in [-0.2, -0.15) is 0 Å². The molecule has 0 spiro atoms. The Hall–Kier alpha value is -2.04. The first-order valence-electron chi connectivity index (χ1n) is 6.49. The summed E-state index contributed by atoms with van der Waals surface area (Å²) >= 11 is 0. The maximum Gasteiger partial charge on any atom is 0.317 e. The van der Waals surface area contributed by atoms with Gasteiger partial charge in [-0.15, -0.1) is 0 Å². The second-order valence-corrected chi connectivity index (χ2v) is 4.37. The number of hydrogen-bond donors (Lipinski definition) is 1. The van der Waals surface area contributed by atoms with E-state index >= 15 is 0 Å². The van der Waals surface area contributed by atoms with Crippen LogP contribution in [0.3, 0.4) is 0 Å². The Kier molecular flexibility index (Phi) is 4.39. The number of Topliss-reactive ketones (excluding diaryl/α,β-unsaturated/α-hetero) is 1. The molecule has 1 aliphatic rings. The molecule has 1 aliphatic heterocycles. The summed E-state index contributed by atoms with van der Waals surface area (Å²) in [5.41, 5.74) is 0.703. The maximum absolute atomic E-state index is 11.5. The molecule has 19 heavy (non-hydrogen) atoms. The average molecular weight is 262 g/mol. The summed E-state index contributed by atoms with van der Waals surface area (Å²) in [4.78, 5) is 24.5. The lowest BCUT2D eigenvalue weighted by molar-refractivity contribution is 0.0988. The van der Waals surface area contributed by atoms with Crippen LogP contribution in [0.5, 0.6) is 5.75 Å². The highest BCUT2D eigenvalue weighted by molar-refractivity contribution is 5.95. The molecule has 0 bridgehead atoms. The van der Waals surface area contributed by atoms with Crippen molar-refractivity contribution in [2.75, 3.05) is 26.2 Å². The van der Waals surface area contributed by atoms with E-state index in [1.165, 1.54) is 0 Å². The number of urea groups is 1. The third kappa shape index (κ3) is 3.47. The van der Waals surface area contributed by atoms with Crippen molar-refractivity contribution in [3.05, 3.63) is 29.8 Å². The van der Waals surface area contributed by atoms with Crippen LogP contribution in [0.4, 0.5) is 4.79 Å². The van der Waals surface area contributed by atoms with Crippen LogP contribution < -0.4 is 10.1 Å². The van der Waals surface area contributed by atoms with E-state index in [2.05, 4.69) is 5.32 Å². The third-order valence-electron chi connectivity index (χ3n) is 3.07. The first-order chi connectivity index (χ1) is 9.20. The lowest BCUT2D eigenvalue weighted by atomic mass is 10.1. The monoisotopic (exact) mass is 262 g/mol. The highest BCUT2D eigenvalue weighted by Crippen LogP contribution is 2.13. The molecule has 2 rings (SSSR count). The molecule has 1 aromatic carbocycles. The van der Waals surface area contributed by atoms with Crippen LogP contribution in [0.2, 0.25) is 0 Å². The number of carbonyl (C=O) groups is 2. The number of hydrogen-bond acceptors (Lipinski definition) is 3. The number of ether oxygens (including phenoxy) is 1. The fraction of sp³-hybridized carbons (Fsp3) is 0.429. The summed E-state index contributed by atoms with van der Waals surface area (Å²) in [6, 6.07) is 7.07. The predicted molar refractivity (Wildman–Crippen MR) is 71.5 cm³/mol. The van der Waals surface area contributed by atoms with Gasteiger partial charge in [-0.1, -0.05) is 6.92 Å². The predicted octanol–water partition coefficient (Wildman–Crippen LogP) is 1.68. The quantitative estimate of drug-likeness (QED) is 0.794. The molecule has 0 saturated carbocycles. The molecule has 1 fully saturated rings. The van der Waals surface area contributed by atoms with Gasteiger partial charge in [0.05, 0.1) is 6.54 Å². The van der Waals surface area contributed by atoms with Gasteiger partial charge in [-0.25, -0.2) is 4.79 Å². The Morgan fingerprint density at radius 2 is 2.11 bits per heavy atom. The number of carbonyl (C=O) groups excluding carboxylic acids is 2. The molecule has 1 N–H and O–H groups in total. The van der Waals surface area contributed by atoms with Gasteiger partial charge >= 0.3 is 6.03 Å². The van der Waals surface area contributed by atoms with Crippen molar-refractivity contribution in [3.8, 4) is 5.75 Å². The fourth-order valence-corrected chi connectivity index (χ4v) is 1.94. The summed E-state index contributed by atoms with van der Waals surface area (Å²) in [6.45, 7) is 4.29. The Balaban J connectivity index is 1.80. The van der Waals surface area contributed by atoms with Crippen LogP contribution in [0, 0.1) is 0 Å². The standard InChI is InChI=1S/C14H18N2O3/c1-2-13(17)11-3-5-12(6-4-11)19-10-9-16-8-7-15-14(16)18/h3-6H,2,7-10H2,1H3,(H,15,18). The zero-order chi connectivity index (χ0) is 13.7. The lowest BCUT2D eigenvalue weighted by Crippen LogP contribution is -2.31. The number of rotatable bonds is 6. The molecule has 0 unspecified atom stereocenters. The minimum absolute atomic E-state index is 0.0347. The minimum atomic E-state index is -0.0347. The number of nitrogens with one attached hydrogen (secondary N) is 1. The van der Waals surface area contributed by atoms with Crippen molar-refractivity contribution in [3.63, 3.8) is 0 Å². The first-order valence-corrected chi connectivity index (χ1v) is 6.49. The summed E-state index contributed by atoms with van der Waals surface area (Å²) < 4.78 is 5.55. The highest BCUT2D eigenvalue weighted by Gasteiger charge is 2.18. The van der Waals surface area contributed by atoms with Crippen LogP contribution >= 0.6 is 0 Å². The number of benzene rings is 1. The van der Waals surface area contributed by atoms with E-state index < -0.39 is 0 Å². The van der Waals surface area contributed by atoms with Crippen LogP contribution in [0.25, 0.3) is 0 Å². The van der Waals surface area contributed by atoms with Gasteiger partial charge in [0.2, 0.25) is 0 Å². The average Bonchev–Trinajstić information content (AvgIpc) is 2.84. The van der Waals surface area contributed by atoms with Gasteiger partial charge in [0.1, 0.15) is 12.4 Å². The van der Waals surface area contributed by atoms with E-state index in [1.807, 2.05) is 6.92 Å². The molecule has 5 nitrogen and oxygen atoms in total. The van der Waals surface area contributed by atoms with Gasteiger partial charge in [0.15, 0.2) is 5.78 Å². The van der Waals surface area contributed by atoms with Crippen LogP contribution in [-0.4, -0.2) is 43.0 Å². The maximum atomic E-state index is 11.5. The summed E-state index contributed by atoms with van der Waals surface area (Å²) in [6.07, 6.45) is 0.504. The van der Waals surface area contributed by atoms with Gasteiger partial charge < -0.3 is 15.0 Å². The Morgan fingerprint density at radius 1 is 1.37 bits per heavy atom. The Labute approximate surface area is 112 Å². The van der Waals surface area contributed by atoms with Crippen molar-refractivity contribution in [1.82, 2.24) is 10.2 Å². The van der Waals surface area contributed by atoms with Gasteiger partial charge in [-0.3, -0.25) is 4.79 Å². The number of amides is 2. The Morgan fingerprint density at radius 3 is 2.68 bits per heavy atom. The smallest absolute Gasteiger partial charge is 0.317 e. The van der Waals surface area contributed by atoms with Crippen LogP contribution in [0.15, 0.2) is 24.3 Å². The molecule has 0 radical (unpaired) electrons. The third-order valence-corrected chi connectivity index (χ3v) is 3.07. The second-order valence-electron chi connectivity index (χ2n) is 4.37.